The van der Waals surface area contributed by atoms with Crippen LogP contribution < -0.4 is 0 Å². The van der Waals surface area contributed by atoms with Gasteiger partial charge in [0.25, 0.3) is 0 Å². The molecule has 1 N–H and O–H groups in total. The Morgan fingerprint density at radius 2 is 2.12 bits per heavy atom. The van der Waals surface area contributed by atoms with Crippen molar-refractivity contribution in [2.24, 2.45) is 5.92 Å². The van der Waals surface area contributed by atoms with Gasteiger partial charge >= 0.3 is 0 Å². The highest BCUT2D eigenvalue weighted by Crippen LogP contribution is 2.30. The highest BCUT2D eigenvalue weighted by atomic mass is 35.5. The minimum Gasteiger partial charge on any atom is -0.387 e. The molecule has 0 unspecified atom stereocenters. The number of benzene rings is 1. The minimum atomic E-state index is -0.608. The predicted molar refractivity (Wildman–Crippen MR) is 66.5 cm³/mol. The first kappa shape index (κ1) is 12.8. The molecule has 1 aromatic rings. The number of likely N-dealkylation sites (tertiary alicyclic amines) is 1. The maximum atomic E-state index is 13.5. The van der Waals surface area contributed by atoms with Crippen molar-refractivity contribution in [2.45, 2.75) is 26.0 Å². The van der Waals surface area contributed by atoms with E-state index in [0.29, 0.717) is 30.2 Å². The summed E-state index contributed by atoms with van der Waals surface area (Å²) in [7, 11) is 0. The van der Waals surface area contributed by atoms with Crippen LogP contribution in [-0.4, -0.2) is 28.7 Å². The largest absolute Gasteiger partial charge is 0.387 e. The van der Waals surface area contributed by atoms with Crippen LogP contribution in [0, 0.1) is 11.7 Å². The average molecular weight is 258 g/mol. The van der Waals surface area contributed by atoms with Gasteiger partial charge in [-0.1, -0.05) is 31.5 Å². The predicted octanol–water partition coefficient (Wildman–Crippen LogP) is 2.68. The van der Waals surface area contributed by atoms with Gasteiger partial charge in [-0.25, -0.2) is 4.39 Å². The van der Waals surface area contributed by atoms with Gasteiger partial charge < -0.3 is 5.11 Å². The van der Waals surface area contributed by atoms with Crippen LogP contribution in [0.15, 0.2) is 18.2 Å². The lowest BCUT2D eigenvalue weighted by Crippen LogP contribution is -2.63. The van der Waals surface area contributed by atoms with Gasteiger partial charge in [-0.15, -0.1) is 0 Å². The first-order valence-electron chi connectivity index (χ1n) is 5.79. The molecule has 1 aliphatic rings. The van der Waals surface area contributed by atoms with Crippen LogP contribution in [0.2, 0.25) is 5.02 Å². The molecule has 0 bridgehead atoms. The van der Waals surface area contributed by atoms with E-state index in [9.17, 15) is 9.50 Å². The molecule has 1 saturated heterocycles. The van der Waals surface area contributed by atoms with Crippen LogP contribution in [-0.2, 0) is 6.54 Å². The number of halogens is 2. The molecule has 0 spiro atoms. The Labute approximate surface area is 106 Å². The van der Waals surface area contributed by atoms with Crippen molar-refractivity contribution in [1.82, 2.24) is 4.90 Å². The SMILES string of the molecule is CC(C)C1(O)CN(Cc2ccc(Cl)cc2F)C1. The molecule has 0 saturated carbocycles. The summed E-state index contributed by atoms with van der Waals surface area (Å²) < 4.78 is 13.5. The highest BCUT2D eigenvalue weighted by molar-refractivity contribution is 6.30. The quantitative estimate of drug-likeness (QED) is 0.900. The molecular formula is C13H17ClFNO. The van der Waals surface area contributed by atoms with Crippen molar-refractivity contribution in [1.29, 1.82) is 0 Å². The standard InChI is InChI=1S/C13H17ClFNO/c1-9(2)13(17)7-16(8-13)6-10-3-4-11(14)5-12(10)15/h3-5,9,17H,6-8H2,1-2H3. The Morgan fingerprint density at radius 3 is 2.65 bits per heavy atom. The molecule has 4 heteroatoms. The first-order valence-corrected chi connectivity index (χ1v) is 6.17. The summed E-state index contributed by atoms with van der Waals surface area (Å²) in [5, 5.41) is 10.5. The zero-order valence-corrected chi connectivity index (χ0v) is 10.8. The van der Waals surface area contributed by atoms with Crippen LogP contribution >= 0.6 is 11.6 Å². The van der Waals surface area contributed by atoms with E-state index < -0.39 is 5.60 Å². The molecule has 2 rings (SSSR count). The van der Waals surface area contributed by atoms with Gasteiger partial charge in [0.05, 0.1) is 5.60 Å². The molecule has 17 heavy (non-hydrogen) atoms. The number of hydrogen-bond donors (Lipinski definition) is 1. The maximum Gasteiger partial charge on any atom is 0.129 e. The Kier molecular flexibility index (Phi) is 3.43. The molecule has 0 amide bonds. The normalized spacial score (nSPS) is 19.4. The zero-order chi connectivity index (χ0) is 12.6. The van der Waals surface area contributed by atoms with Gasteiger partial charge in [-0.05, 0) is 18.1 Å². The van der Waals surface area contributed by atoms with E-state index in [1.165, 1.54) is 6.07 Å². The number of aliphatic hydroxyl groups is 1. The lowest BCUT2D eigenvalue weighted by molar-refractivity contribution is -0.131. The molecule has 2 nitrogen and oxygen atoms in total. The Hall–Kier alpha value is -0.640. The van der Waals surface area contributed by atoms with Gasteiger partial charge in [0, 0.05) is 30.2 Å². The monoisotopic (exact) mass is 257 g/mol. The molecule has 0 atom stereocenters. The summed E-state index contributed by atoms with van der Waals surface area (Å²) >= 11 is 5.69. The molecule has 0 aromatic heterocycles. The van der Waals surface area contributed by atoms with Crippen LogP contribution in [0.4, 0.5) is 4.39 Å². The van der Waals surface area contributed by atoms with Gasteiger partial charge in [-0.2, -0.15) is 0 Å². The van der Waals surface area contributed by atoms with Crippen LogP contribution in [0.1, 0.15) is 19.4 Å². The number of hydrogen-bond acceptors (Lipinski definition) is 2. The summed E-state index contributed by atoms with van der Waals surface area (Å²) in [6.07, 6.45) is 0. The Morgan fingerprint density at radius 1 is 1.47 bits per heavy atom. The third-order valence-corrected chi connectivity index (χ3v) is 3.71. The third kappa shape index (κ3) is 2.62. The zero-order valence-electron chi connectivity index (χ0n) is 10.1. The number of nitrogens with zero attached hydrogens (tertiary/aromatic N) is 1. The van der Waals surface area contributed by atoms with E-state index in [1.54, 1.807) is 12.1 Å². The molecular weight excluding hydrogens is 241 g/mol. The van der Waals surface area contributed by atoms with E-state index in [2.05, 4.69) is 0 Å². The Balaban J connectivity index is 1.96. The molecule has 1 aromatic carbocycles. The van der Waals surface area contributed by atoms with Gasteiger partial charge in [-0.3, -0.25) is 4.90 Å². The van der Waals surface area contributed by atoms with E-state index >= 15 is 0 Å². The van der Waals surface area contributed by atoms with E-state index in [0.717, 1.165) is 0 Å². The van der Waals surface area contributed by atoms with Crippen molar-refractivity contribution >= 4 is 11.6 Å². The Bertz CT molecular complexity index is 416. The van der Waals surface area contributed by atoms with Gasteiger partial charge in [0.15, 0.2) is 0 Å². The summed E-state index contributed by atoms with van der Waals surface area (Å²) in [4.78, 5) is 2.03. The van der Waals surface area contributed by atoms with Crippen molar-refractivity contribution in [3.8, 4) is 0 Å². The van der Waals surface area contributed by atoms with E-state index in [1.807, 2.05) is 18.7 Å². The van der Waals surface area contributed by atoms with Crippen molar-refractivity contribution < 1.29 is 9.50 Å². The van der Waals surface area contributed by atoms with Crippen LogP contribution in [0.3, 0.4) is 0 Å². The summed E-state index contributed by atoms with van der Waals surface area (Å²) in [5.74, 6) is -0.0497. The second-order valence-corrected chi connectivity index (χ2v) is 5.58. The molecule has 1 fully saturated rings. The molecule has 0 radical (unpaired) electrons. The summed E-state index contributed by atoms with van der Waals surface area (Å²) in [5.41, 5.74) is 0.0170. The fourth-order valence-electron chi connectivity index (χ4n) is 2.10. The van der Waals surface area contributed by atoms with Crippen LogP contribution in [0.25, 0.3) is 0 Å². The van der Waals surface area contributed by atoms with Crippen molar-refractivity contribution in [3.63, 3.8) is 0 Å². The van der Waals surface area contributed by atoms with E-state index in [-0.39, 0.29) is 11.7 Å². The number of rotatable bonds is 3. The van der Waals surface area contributed by atoms with E-state index in [4.69, 9.17) is 11.6 Å². The van der Waals surface area contributed by atoms with Gasteiger partial charge in [0.1, 0.15) is 5.82 Å². The second-order valence-electron chi connectivity index (χ2n) is 5.14. The first-order chi connectivity index (χ1) is 7.90. The minimum absolute atomic E-state index is 0.230. The summed E-state index contributed by atoms with van der Waals surface area (Å²) in [6.45, 7) is 5.73. The lowest BCUT2D eigenvalue weighted by Gasteiger charge is -2.49. The molecule has 0 aliphatic carbocycles. The fraction of sp³-hybridized carbons (Fsp3) is 0.538. The topological polar surface area (TPSA) is 23.5 Å². The van der Waals surface area contributed by atoms with Crippen molar-refractivity contribution in [2.75, 3.05) is 13.1 Å². The number of β-amino-alcohol motifs (C(OH)–C–C–N with tert-alkyl or cyclic N) is 1. The highest BCUT2D eigenvalue weighted by Gasteiger charge is 2.43. The molecule has 1 heterocycles. The summed E-state index contributed by atoms with van der Waals surface area (Å²) in [6, 6.07) is 4.71. The van der Waals surface area contributed by atoms with Gasteiger partial charge in [0.2, 0.25) is 0 Å². The third-order valence-electron chi connectivity index (χ3n) is 3.48. The smallest absolute Gasteiger partial charge is 0.129 e. The van der Waals surface area contributed by atoms with Crippen molar-refractivity contribution in [3.05, 3.63) is 34.6 Å². The maximum absolute atomic E-state index is 13.5. The lowest BCUT2D eigenvalue weighted by atomic mass is 9.83. The molecule has 1 aliphatic heterocycles. The molecule has 94 valence electrons. The second kappa shape index (κ2) is 4.56. The van der Waals surface area contributed by atoms with Crippen LogP contribution in [0.5, 0.6) is 0 Å². The fourth-order valence-corrected chi connectivity index (χ4v) is 2.25. The average Bonchev–Trinajstić information content (AvgIpc) is 2.19.